The number of halogens is 1. The normalized spacial score (nSPS) is 11.5. The van der Waals surface area contributed by atoms with Gasteiger partial charge in [-0.2, -0.15) is 13.1 Å². The minimum atomic E-state index is -4.80. The molecule has 0 N–H and O–H groups in total. The number of rotatable bonds is 2. The van der Waals surface area contributed by atoms with Crippen LogP contribution in [0.2, 0.25) is 0 Å². The fraction of sp³-hybridized carbons (Fsp3) is 0. The van der Waals surface area contributed by atoms with E-state index in [-0.39, 0.29) is 0 Å². The molecule has 0 bridgehead atoms. The summed E-state index contributed by atoms with van der Waals surface area (Å²) in [7, 11) is -4.80. The molecule has 0 amide bonds. The van der Waals surface area contributed by atoms with Gasteiger partial charge < -0.3 is 0 Å². The van der Waals surface area contributed by atoms with E-state index in [1.54, 1.807) is 30.3 Å². The predicted molar refractivity (Wildman–Crippen MR) is 49.7 cm³/mol. The minimum absolute atomic E-state index is 0.436. The maximum Gasteiger partial charge on any atom is 0.351 e. The van der Waals surface area contributed by atoms with Crippen LogP contribution in [0, 0.1) is 0 Å². The molecule has 0 spiro atoms. The minimum Gasteiger partial charge on any atom is -0.199 e. The third-order valence-corrected chi connectivity index (χ3v) is 2.55. The Kier molecular flexibility index (Phi) is 2.24. The number of hydrogen-bond acceptors (Lipinski definition) is 4. The molecule has 0 aliphatic rings. The van der Waals surface area contributed by atoms with E-state index in [4.69, 9.17) is 0 Å². The van der Waals surface area contributed by atoms with Gasteiger partial charge in [-0.3, -0.25) is 0 Å². The van der Waals surface area contributed by atoms with Gasteiger partial charge >= 0.3 is 10.2 Å². The highest BCUT2D eigenvalue weighted by atomic mass is 32.3. The summed E-state index contributed by atoms with van der Waals surface area (Å²) < 4.78 is 35.1. The molecule has 1 aromatic heterocycles. The molecule has 0 atom stereocenters. The predicted octanol–water partition coefficient (Wildman–Crippen LogP) is 0.925. The van der Waals surface area contributed by atoms with E-state index in [0.717, 1.165) is 10.9 Å². The fourth-order valence-corrected chi connectivity index (χ4v) is 1.66. The average molecular weight is 227 g/mol. The van der Waals surface area contributed by atoms with Gasteiger partial charge in [-0.15, -0.1) is 5.10 Å². The number of hydrogen-bond donors (Lipinski definition) is 0. The summed E-state index contributed by atoms with van der Waals surface area (Å²) in [6.45, 7) is 0. The quantitative estimate of drug-likeness (QED) is 0.716. The van der Waals surface area contributed by atoms with Crippen LogP contribution in [-0.4, -0.2) is 23.4 Å². The Labute approximate surface area is 85.4 Å². The summed E-state index contributed by atoms with van der Waals surface area (Å²) >= 11 is 0. The van der Waals surface area contributed by atoms with Crippen molar-refractivity contribution in [1.29, 1.82) is 0 Å². The van der Waals surface area contributed by atoms with Gasteiger partial charge in [0.15, 0.2) is 0 Å². The molecule has 1 heterocycles. The monoisotopic (exact) mass is 227 g/mol. The molecule has 0 unspecified atom stereocenters. The lowest BCUT2D eigenvalue weighted by Crippen LogP contribution is -2.04. The first-order valence-corrected chi connectivity index (χ1v) is 5.38. The Morgan fingerprint density at radius 2 is 1.87 bits per heavy atom. The molecule has 1 aromatic carbocycles. The van der Waals surface area contributed by atoms with Crippen molar-refractivity contribution in [2.75, 3.05) is 0 Å². The SMILES string of the molecule is O=S(=O)(F)c1cnnn1-c1ccccc1. The number of aromatic nitrogens is 3. The lowest BCUT2D eigenvalue weighted by molar-refractivity contribution is 0.541. The highest BCUT2D eigenvalue weighted by molar-refractivity contribution is 7.86. The molecule has 5 nitrogen and oxygen atoms in total. The highest BCUT2D eigenvalue weighted by Crippen LogP contribution is 2.14. The summed E-state index contributed by atoms with van der Waals surface area (Å²) in [6, 6.07) is 8.33. The smallest absolute Gasteiger partial charge is 0.199 e. The topological polar surface area (TPSA) is 64.8 Å². The van der Waals surface area contributed by atoms with Gasteiger partial charge in [0.2, 0.25) is 5.03 Å². The van der Waals surface area contributed by atoms with Gasteiger partial charge in [0.05, 0.1) is 11.9 Å². The van der Waals surface area contributed by atoms with Crippen LogP contribution in [0.15, 0.2) is 41.6 Å². The first kappa shape index (κ1) is 9.78. The zero-order valence-electron chi connectivity index (χ0n) is 7.41. The molecule has 0 fully saturated rings. The summed E-state index contributed by atoms with van der Waals surface area (Å²) in [6.07, 6.45) is 0.863. The number of benzene rings is 1. The summed E-state index contributed by atoms with van der Waals surface area (Å²) in [5.41, 5.74) is 0.436. The second-order valence-electron chi connectivity index (χ2n) is 2.76. The second-order valence-corrected chi connectivity index (χ2v) is 4.05. The van der Waals surface area contributed by atoms with E-state index < -0.39 is 15.2 Å². The van der Waals surface area contributed by atoms with Crippen molar-refractivity contribution in [1.82, 2.24) is 15.0 Å². The zero-order valence-corrected chi connectivity index (χ0v) is 8.22. The van der Waals surface area contributed by atoms with Crippen LogP contribution >= 0.6 is 0 Å². The maximum atomic E-state index is 12.8. The van der Waals surface area contributed by atoms with Crippen LogP contribution in [0.1, 0.15) is 0 Å². The van der Waals surface area contributed by atoms with E-state index in [2.05, 4.69) is 10.3 Å². The van der Waals surface area contributed by atoms with Crippen molar-refractivity contribution in [3.63, 3.8) is 0 Å². The van der Waals surface area contributed by atoms with E-state index in [0.29, 0.717) is 5.69 Å². The average Bonchev–Trinajstić information content (AvgIpc) is 2.67. The van der Waals surface area contributed by atoms with Gasteiger partial charge in [-0.25, -0.2) is 0 Å². The fourth-order valence-electron chi connectivity index (χ4n) is 1.14. The molecule has 78 valence electrons. The highest BCUT2D eigenvalue weighted by Gasteiger charge is 2.19. The van der Waals surface area contributed by atoms with Crippen molar-refractivity contribution >= 4 is 10.2 Å². The Bertz CT molecular complexity index is 565. The van der Waals surface area contributed by atoms with Gasteiger partial charge in [-0.1, -0.05) is 27.3 Å². The van der Waals surface area contributed by atoms with Gasteiger partial charge in [0.1, 0.15) is 0 Å². The van der Waals surface area contributed by atoms with Crippen LogP contribution < -0.4 is 0 Å². The Balaban J connectivity index is 2.61. The van der Waals surface area contributed by atoms with E-state index >= 15 is 0 Å². The third-order valence-electron chi connectivity index (χ3n) is 1.77. The molecule has 0 radical (unpaired) electrons. The third kappa shape index (κ3) is 1.86. The van der Waals surface area contributed by atoms with E-state index in [9.17, 15) is 12.3 Å². The Morgan fingerprint density at radius 3 is 2.47 bits per heavy atom. The van der Waals surface area contributed by atoms with E-state index in [1.165, 1.54) is 0 Å². The van der Waals surface area contributed by atoms with Crippen molar-refractivity contribution in [3.05, 3.63) is 36.5 Å². The van der Waals surface area contributed by atoms with Crippen LogP contribution in [0.25, 0.3) is 5.69 Å². The van der Waals surface area contributed by atoms with Crippen molar-refractivity contribution in [2.45, 2.75) is 5.03 Å². The van der Waals surface area contributed by atoms with E-state index in [1.807, 2.05) is 0 Å². The summed E-state index contributed by atoms with van der Waals surface area (Å²) in [5.74, 6) is 0. The summed E-state index contributed by atoms with van der Waals surface area (Å²) in [4.78, 5) is 0. The van der Waals surface area contributed by atoms with Gasteiger partial charge in [-0.05, 0) is 12.1 Å². The van der Waals surface area contributed by atoms with Crippen LogP contribution in [0.3, 0.4) is 0 Å². The standard InChI is InChI=1S/C8H6FN3O2S/c9-15(13,14)8-6-10-11-12(8)7-4-2-1-3-5-7/h1-6H. The number of nitrogens with zero attached hydrogens (tertiary/aromatic N) is 3. The lowest BCUT2D eigenvalue weighted by atomic mass is 10.3. The Hall–Kier alpha value is -1.76. The van der Waals surface area contributed by atoms with Crippen molar-refractivity contribution in [3.8, 4) is 5.69 Å². The molecule has 0 saturated heterocycles. The molecular formula is C8H6FN3O2S. The largest absolute Gasteiger partial charge is 0.351 e. The van der Waals surface area contributed by atoms with Crippen LogP contribution in [0.5, 0.6) is 0 Å². The van der Waals surface area contributed by atoms with Crippen LogP contribution in [-0.2, 0) is 10.2 Å². The Morgan fingerprint density at radius 1 is 1.20 bits per heavy atom. The molecule has 2 aromatic rings. The molecule has 0 aliphatic heterocycles. The van der Waals surface area contributed by atoms with Gasteiger partial charge in [0.25, 0.3) is 0 Å². The first-order valence-electron chi connectivity index (χ1n) is 4.00. The number of para-hydroxylation sites is 1. The van der Waals surface area contributed by atoms with Crippen molar-refractivity contribution < 1.29 is 12.3 Å². The molecule has 2 rings (SSSR count). The van der Waals surface area contributed by atoms with Crippen LogP contribution in [0.4, 0.5) is 3.89 Å². The molecule has 0 saturated carbocycles. The second kappa shape index (κ2) is 3.43. The molecule has 0 aliphatic carbocycles. The molecule has 15 heavy (non-hydrogen) atoms. The first-order chi connectivity index (χ1) is 7.09. The summed E-state index contributed by atoms with van der Waals surface area (Å²) in [5, 5.41) is 6.28. The lowest BCUT2D eigenvalue weighted by Gasteiger charge is -2.01. The van der Waals surface area contributed by atoms with Crippen molar-refractivity contribution in [2.24, 2.45) is 0 Å². The van der Waals surface area contributed by atoms with Gasteiger partial charge in [0, 0.05) is 0 Å². The maximum absolute atomic E-state index is 12.8. The molecule has 7 heteroatoms. The zero-order chi connectivity index (χ0) is 10.9. The molecular weight excluding hydrogens is 221 g/mol.